The van der Waals surface area contributed by atoms with Gasteiger partial charge in [0.15, 0.2) is 5.96 Å². The number of hydrogen-bond donors (Lipinski definition) is 5. The molecule has 0 radical (unpaired) electrons. The zero-order chi connectivity index (χ0) is 14.3. The number of carbonyl (C=O) groups excluding carboxylic acids is 1. The van der Waals surface area contributed by atoms with Gasteiger partial charge in [-0.25, -0.2) is 0 Å². The van der Waals surface area contributed by atoms with Gasteiger partial charge in [-0.2, -0.15) is 0 Å². The molecule has 0 fully saturated rings. The second kappa shape index (κ2) is 4.64. The Kier molecular flexibility index (Phi) is 2.94. The van der Waals surface area contributed by atoms with Gasteiger partial charge in [0.2, 0.25) is 0 Å². The standard InChI is InChI=1S/C14H16N4O2/c15-14(16)18-13(20)12-8-4-2-6-10(19)7-3-1-5-9(17-12)11(7)8/h1,3,5,10,17,19H,2,4,6H2,(H4,15,16,18,20). The van der Waals surface area contributed by atoms with Gasteiger partial charge in [0.05, 0.1) is 6.10 Å². The smallest absolute Gasteiger partial charge is 0.274 e. The van der Waals surface area contributed by atoms with Gasteiger partial charge in [-0.15, -0.1) is 0 Å². The number of H-pyrrole nitrogens is 1. The number of guanidine groups is 1. The van der Waals surface area contributed by atoms with Gasteiger partial charge >= 0.3 is 0 Å². The Labute approximate surface area is 115 Å². The minimum Gasteiger partial charge on any atom is -0.388 e. The van der Waals surface area contributed by atoms with Crippen LogP contribution in [-0.4, -0.2) is 22.0 Å². The van der Waals surface area contributed by atoms with Crippen LogP contribution in [-0.2, 0) is 6.42 Å². The highest BCUT2D eigenvalue weighted by Gasteiger charge is 2.24. The Morgan fingerprint density at radius 3 is 3.05 bits per heavy atom. The van der Waals surface area contributed by atoms with Crippen LogP contribution in [0.5, 0.6) is 0 Å². The third-order valence-corrected chi connectivity index (χ3v) is 3.70. The first kappa shape index (κ1) is 12.7. The topological polar surface area (TPSA) is 115 Å². The molecule has 6 nitrogen and oxygen atoms in total. The maximum absolute atomic E-state index is 12.1. The van der Waals surface area contributed by atoms with Crippen LogP contribution < -0.4 is 11.1 Å². The zero-order valence-corrected chi connectivity index (χ0v) is 10.9. The SMILES string of the molecule is N=C(N)NC(=O)c1[nH]c2cccc3c2c1CCCC3O. The molecule has 0 spiro atoms. The second-order valence-corrected chi connectivity index (χ2v) is 5.02. The van der Waals surface area contributed by atoms with Crippen molar-refractivity contribution in [2.45, 2.75) is 25.4 Å². The van der Waals surface area contributed by atoms with E-state index in [1.54, 1.807) is 0 Å². The largest absolute Gasteiger partial charge is 0.388 e. The van der Waals surface area contributed by atoms with E-state index in [-0.39, 0.29) is 5.96 Å². The third kappa shape index (κ3) is 1.94. The second-order valence-electron chi connectivity index (χ2n) is 5.02. The highest BCUT2D eigenvalue weighted by atomic mass is 16.3. The van der Waals surface area contributed by atoms with E-state index in [4.69, 9.17) is 11.1 Å². The molecule has 3 rings (SSSR count). The number of aromatic nitrogens is 1. The van der Waals surface area contributed by atoms with E-state index in [0.29, 0.717) is 18.5 Å². The molecule has 104 valence electrons. The number of aryl methyl sites for hydroxylation is 1. The van der Waals surface area contributed by atoms with Gasteiger partial charge in [0.25, 0.3) is 5.91 Å². The summed E-state index contributed by atoms with van der Waals surface area (Å²) < 4.78 is 0. The quantitative estimate of drug-likeness (QED) is 0.396. The predicted molar refractivity (Wildman–Crippen MR) is 75.6 cm³/mol. The average Bonchev–Trinajstić information content (AvgIpc) is 2.67. The number of aromatic amines is 1. The number of nitrogens with two attached hydrogens (primary N) is 1. The predicted octanol–water partition coefficient (Wildman–Crippen LogP) is 1.16. The minimum absolute atomic E-state index is 0.380. The fraction of sp³-hybridized carbons (Fsp3) is 0.286. The van der Waals surface area contributed by atoms with Crippen LogP contribution in [0.2, 0.25) is 0 Å². The molecule has 1 atom stereocenters. The molecule has 1 aromatic heterocycles. The summed E-state index contributed by atoms with van der Waals surface area (Å²) in [5, 5.41) is 20.6. The molecule has 20 heavy (non-hydrogen) atoms. The third-order valence-electron chi connectivity index (χ3n) is 3.70. The van der Waals surface area contributed by atoms with Gasteiger partial charge in [0.1, 0.15) is 5.69 Å². The molecular weight excluding hydrogens is 256 g/mol. The Bertz CT molecular complexity index is 705. The number of rotatable bonds is 1. The lowest BCUT2D eigenvalue weighted by atomic mass is 10.0. The number of carbonyl (C=O) groups is 1. The Hall–Kier alpha value is -2.34. The van der Waals surface area contributed by atoms with Crippen LogP contribution in [0.15, 0.2) is 18.2 Å². The van der Waals surface area contributed by atoms with Gasteiger partial charge in [-0.05, 0) is 36.5 Å². The number of aliphatic hydroxyl groups excluding tert-OH is 1. The van der Waals surface area contributed by atoms with Crippen molar-refractivity contribution in [3.05, 3.63) is 35.0 Å². The number of benzene rings is 1. The molecule has 0 aliphatic heterocycles. The maximum Gasteiger partial charge on any atom is 0.274 e. The van der Waals surface area contributed by atoms with E-state index in [1.165, 1.54) is 0 Å². The molecule has 1 aromatic carbocycles. The summed E-state index contributed by atoms with van der Waals surface area (Å²) in [7, 11) is 0. The van der Waals surface area contributed by atoms with Crippen molar-refractivity contribution in [1.29, 1.82) is 5.41 Å². The van der Waals surface area contributed by atoms with Crippen molar-refractivity contribution < 1.29 is 9.90 Å². The number of nitrogens with one attached hydrogen (secondary N) is 3. The summed E-state index contributed by atoms with van der Waals surface area (Å²) in [6.45, 7) is 0. The Morgan fingerprint density at radius 2 is 2.30 bits per heavy atom. The van der Waals surface area contributed by atoms with Crippen molar-refractivity contribution in [2.75, 3.05) is 0 Å². The molecule has 1 amide bonds. The molecule has 0 saturated carbocycles. The lowest BCUT2D eigenvalue weighted by molar-refractivity contribution is 0.0971. The molecular formula is C14H16N4O2. The molecule has 0 saturated heterocycles. The van der Waals surface area contributed by atoms with E-state index < -0.39 is 12.0 Å². The maximum atomic E-state index is 12.1. The lowest BCUT2D eigenvalue weighted by Gasteiger charge is -2.08. The molecule has 1 aliphatic carbocycles. The van der Waals surface area contributed by atoms with Gasteiger partial charge in [-0.3, -0.25) is 15.5 Å². The highest BCUT2D eigenvalue weighted by molar-refractivity contribution is 6.08. The van der Waals surface area contributed by atoms with Crippen molar-refractivity contribution in [2.24, 2.45) is 5.73 Å². The summed E-state index contributed by atoms with van der Waals surface area (Å²) in [6.07, 6.45) is 1.71. The van der Waals surface area contributed by atoms with E-state index in [2.05, 4.69) is 10.3 Å². The van der Waals surface area contributed by atoms with Gasteiger partial charge in [0, 0.05) is 10.9 Å². The van der Waals surface area contributed by atoms with Crippen molar-refractivity contribution in [3.8, 4) is 0 Å². The van der Waals surface area contributed by atoms with Crippen molar-refractivity contribution in [3.63, 3.8) is 0 Å². The summed E-state index contributed by atoms with van der Waals surface area (Å²) in [5.41, 5.74) is 8.21. The Morgan fingerprint density at radius 1 is 1.50 bits per heavy atom. The molecule has 1 heterocycles. The number of hydrogen-bond acceptors (Lipinski definition) is 3. The molecule has 2 aromatic rings. The first-order valence-corrected chi connectivity index (χ1v) is 6.55. The fourth-order valence-corrected chi connectivity index (χ4v) is 2.88. The summed E-state index contributed by atoms with van der Waals surface area (Å²) in [5.74, 6) is -0.791. The van der Waals surface area contributed by atoms with Crippen molar-refractivity contribution >= 4 is 22.8 Å². The van der Waals surface area contributed by atoms with E-state index >= 15 is 0 Å². The van der Waals surface area contributed by atoms with Crippen LogP contribution >= 0.6 is 0 Å². The molecule has 6 heteroatoms. The molecule has 1 unspecified atom stereocenters. The Balaban J connectivity index is 2.20. The zero-order valence-electron chi connectivity index (χ0n) is 10.9. The minimum atomic E-state index is -0.500. The average molecular weight is 272 g/mol. The summed E-state index contributed by atoms with van der Waals surface area (Å²) >= 11 is 0. The first-order chi connectivity index (χ1) is 9.58. The number of amides is 1. The van der Waals surface area contributed by atoms with Gasteiger partial charge in [-0.1, -0.05) is 12.1 Å². The van der Waals surface area contributed by atoms with Crippen LogP contribution in [0.1, 0.15) is 40.6 Å². The summed E-state index contributed by atoms with van der Waals surface area (Å²) in [4.78, 5) is 15.2. The normalized spacial score (nSPS) is 17.8. The van der Waals surface area contributed by atoms with Crippen LogP contribution in [0, 0.1) is 5.41 Å². The van der Waals surface area contributed by atoms with Crippen LogP contribution in [0.25, 0.3) is 10.9 Å². The number of aliphatic hydroxyl groups is 1. The lowest BCUT2D eigenvalue weighted by Crippen LogP contribution is -2.36. The first-order valence-electron chi connectivity index (χ1n) is 6.55. The van der Waals surface area contributed by atoms with Crippen molar-refractivity contribution in [1.82, 2.24) is 10.3 Å². The molecule has 1 aliphatic rings. The van der Waals surface area contributed by atoms with E-state index in [1.807, 2.05) is 18.2 Å². The van der Waals surface area contributed by atoms with E-state index in [9.17, 15) is 9.90 Å². The fourth-order valence-electron chi connectivity index (χ4n) is 2.88. The molecule has 0 bridgehead atoms. The summed E-state index contributed by atoms with van der Waals surface area (Å²) in [6, 6.07) is 5.63. The van der Waals surface area contributed by atoms with Crippen LogP contribution in [0.4, 0.5) is 0 Å². The highest BCUT2D eigenvalue weighted by Crippen LogP contribution is 2.35. The van der Waals surface area contributed by atoms with Crippen LogP contribution in [0.3, 0.4) is 0 Å². The monoisotopic (exact) mass is 272 g/mol. The molecule has 6 N–H and O–H groups in total. The van der Waals surface area contributed by atoms with E-state index in [0.717, 1.165) is 28.5 Å². The van der Waals surface area contributed by atoms with Gasteiger partial charge < -0.3 is 15.8 Å².